The molecule has 1 unspecified atom stereocenters. The highest BCUT2D eigenvalue weighted by Gasteiger charge is 2.05. The fraction of sp³-hybridized carbons (Fsp3) is 0.300. The van der Waals surface area contributed by atoms with E-state index in [2.05, 4.69) is 46.6 Å². The van der Waals surface area contributed by atoms with Crippen LogP contribution in [-0.4, -0.2) is 4.98 Å². The first-order valence-corrected chi connectivity index (χ1v) is 5.42. The molecule has 0 spiro atoms. The topological polar surface area (TPSA) is 26.0 Å². The number of benzene rings is 1. The standard InChI is InChI=1S/C10H10INO/c1-6(11)8-3-4-9-10(5-8)13-7(2)12-9/h3-6H,1-2H3. The van der Waals surface area contributed by atoms with Crippen LogP contribution in [-0.2, 0) is 0 Å². The summed E-state index contributed by atoms with van der Waals surface area (Å²) < 4.78 is 5.95. The van der Waals surface area contributed by atoms with Crippen molar-refractivity contribution >= 4 is 33.7 Å². The van der Waals surface area contributed by atoms with Crippen molar-refractivity contribution in [2.45, 2.75) is 17.8 Å². The van der Waals surface area contributed by atoms with E-state index < -0.39 is 0 Å². The van der Waals surface area contributed by atoms with Gasteiger partial charge in [0.2, 0.25) is 0 Å². The van der Waals surface area contributed by atoms with E-state index in [-0.39, 0.29) is 0 Å². The number of hydrogen-bond acceptors (Lipinski definition) is 2. The molecule has 0 aliphatic rings. The van der Waals surface area contributed by atoms with Crippen molar-refractivity contribution in [3.8, 4) is 0 Å². The Morgan fingerprint density at radius 1 is 1.46 bits per heavy atom. The number of halogens is 1. The Labute approximate surface area is 90.5 Å². The van der Waals surface area contributed by atoms with E-state index in [0.717, 1.165) is 17.0 Å². The normalized spacial score (nSPS) is 13.5. The van der Waals surface area contributed by atoms with Crippen LogP contribution in [0.3, 0.4) is 0 Å². The maximum absolute atomic E-state index is 5.44. The molecule has 0 saturated heterocycles. The van der Waals surface area contributed by atoms with E-state index >= 15 is 0 Å². The van der Waals surface area contributed by atoms with Crippen LogP contribution >= 0.6 is 22.6 Å². The number of rotatable bonds is 1. The molecule has 0 amide bonds. The number of fused-ring (bicyclic) bond motifs is 1. The zero-order valence-electron chi connectivity index (χ0n) is 7.54. The largest absolute Gasteiger partial charge is 0.441 e. The third-order valence-corrected chi connectivity index (χ3v) is 2.70. The highest BCUT2D eigenvalue weighted by atomic mass is 127. The van der Waals surface area contributed by atoms with Crippen LogP contribution in [0.4, 0.5) is 0 Å². The van der Waals surface area contributed by atoms with Gasteiger partial charge >= 0.3 is 0 Å². The van der Waals surface area contributed by atoms with Crippen LogP contribution in [0.15, 0.2) is 22.6 Å². The Morgan fingerprint density at radius 2 is 2.23 bits per heavy atom. The van der Waals surface area contributed by atoms with Gasteiger partial charge in [-0.05, 0) is 24.6 Å². The van der Waals surface area contributed by atoms with Crippen molar-refractivity contribution in [3.63, 3.8) is 0 Å². The quantitative estimate of drug-likeness (QED) is 0.591. The molecule has 1 heterocycles. The molecule has 68 valence electrons. The first-order valence-electron chi connectivity index (χ1n) is 4.18. The molecule has 2 nitrogen and oxygen atoms in total. The van der Waals surface area contributed by atoms with Crippen LogP contribution in [0.2, 0.25) is 0 Å². The number of aromatic nitrogens is 1. The lowest BCUT2D eigenvalue weighted by Gasteiger charge is -2.01. The molecule has 2 aromatic rings. The molecular weight excluding hydrogens is 277 g/mol. The van der Waals surface area contributed by atoms with Crippen molar-refractivity contribution in [1.29, 1.82) is 0 Å². The fourth-order valence-electron chi connectivity index (χ4n) is 1.30. The summed E-state index contributed by atoms with van der Waals surface area (Å²) >= 11 is 2.39. The molecule has 1 aromatic carbocycles. The lowest BCUT2D eigenvalue weighted by atomic mass is 10.1. The third kappa shape index (κ3) is 1.70. The van der Waals surface area contributed by atoms with Crippen LogP contribution < -0.4 is 0 Å². The highest BCUT2D eigenvalue weighted by molar-refractivity contribution is 14.1. The lowest BCUT2D eigenvalue weighted by molar-refractivity contribution is 0.561. The van der Waals surface area contributed by atoms with E-state index in [1.807, 2.05) is 13.0 Å². The van der Waals surface area contributed by atoms with Gasteiger partial charge in [-0.3, -0.25) is 0 Å². The SMILES string of the molecule is Cc1nc2ccc(C(C)I)cc2o1. The second-order valence-electron chi connectivity index (χ2n) is 3.08. The van der Waals surface area contributed by atoms with Gasteiger partial charge in [-0.15, -0.1) is 0 Å². The zero-order valence-corrected chi connectivity index (χ0v) is 9.70. The lowest BCUT2D eigenvalue weighted by Crippen LogP contribution is -1.81. The predicted octanol–water partition coefficient (Wildman–Crippen LogP) is 3.63. The average molecular weight is 287 g/mol. The van der Waals surface area contributed by atoms with Crippen molar-refractivity contribution in [2.24, 2.45) is 0 Å². The number of nitrogens with zero attached hydrogens (tertiary/aromatic N) is 1. The zero-order chi connectivity index (χ0) is 9.42. The summed E-state index contributed by atoms with van der Waals surface area (Å²) in [5, 5.41) is 0. The van der Waals surface area contributed by atoms with E-state index in [1.54, 1.807) is 0 Å². The van der Waals surface area contributed by atoms with E-state index in [0.29, 0.717) is 3.92 Å². The summed E-state index contributed by atoms with van der Waals surface area (Å²) in [6.45, 7) is 4.03. The third-order valence-electron chi connectivity index (χ3n) is 1.98. The van der Waals surface area contributed by atoms with Gasteiger partial charge in [0, 0.05) is 10.8 Å². The summed E-state index contributed by atoms with van der Waals surface area (Å²) in [5.74, 6) is 0.730. The van der Waals surface area contributed by atoms with Gasteiger partial charge in [0.15, 0.2) is 11.5 Å². The van der Waals surface area contributed by atoms with Gasteiger partial charge < -0.3 is 4.42 Å². The van der Waals surface area contributed by atoms with Gasteiger partial charge in [0.1, 0.15) is 5.52 Å². The Bertz CT molecular complexity index is 433. The first kappa shape index (κ1) is 8.99. The minimum atomic E-state index is 0.507. The van der Waals surface area contributed by atoms with Gasteiger partial charge in [0.25, 0.3) is 0 Å². The number of hydrogen-bond donors (Lipinski definition) is 0. The molecule has 2 rings (SSSR count). The van der Waals surface area contributed by atoms with Crippen molar-refractivity contribution in [2.75, 3.05) is 0 Å². The van der Waals surface area contributed by atoms with E-state index in [9.17, 15) is 0 Å². The molecule has 13 heavy (non-hydrogen) atoms. The summed E-state index contributed by atoms with van der Waals surface area (Å²) in [4.78, 5) is 4.24. The molecule has 1 aromatic heterocycles. The Kier molecular flexibility index (Phi) is 2.27. The molecule has 0 fully saturated rings. The Balaban J connectivity index is 2.61. The minimum Gasteiger partial charge on any atom is -0.441 e. The summed E-state index contributed by atoms with van der Waals surface area (Å²) in [5.41, 5.74) is 3.11. The number of aryl methyl sites for hydroxylation is 1. The Hall–Kier alpha value is -0.580. The maximum Gasteiger partial charge on any atom is 0.192 e. The summed E-state index contributed by atoms with van der Waals surface area (Å²) in [6, 6.07) is 6.17. The maximum atomic E-state index is 5.44. The van der Waals surface area contributed by atoms with Crippen molar-refractivity contribution < 1.29 is 4.42 Å². The first-order chi connectivity index (χ1) is 6.16. The number of oxazole rings is 1. The molecular formula is C10H10INO. The van der Waals surface area contributed by atoms with E-state index in [1.165, 1.54) is 5.56 Å². The van der Waals surface area contributed by atoms with Crippen LogP contribution in [0.1, 0.15) is 22.3 Å². The molecule has 0 aliphatic heterocycles. The fourth-order valence-corrected chi connectivity index (χ4v) is 1.69. The van der Waals surface area contributed by atoms with Crippen LogP contribution in [0.25, 0.3) is 11.1 Å². The molecule has 0 aliphatic carbocycles. The Morgan fingerprint density at radius 3 is 2.92 bits per heavy atom. The minimum absolute atomic E-state index is 0.507. The molecule has 0 bridgehead atoms. The van der Waals surface area contributed by atoms with Gasteiger partial charge in [-0.2, -0.15) is 0 Å². The van der Waals surface area contributed by atoms with Gasteiger partial charge in [0.05, 0.1) is 0 Å². The molecule has 0 radical (unpaired) electrons. The van der Waals surface area contributed by atoms with Crippen molar-refractivity contribution in [3.05, 3.63) is 29.7 Å². The summed E-state index contributed by atoms with van der Waals surface area (Å²) in [6.07, 6.45) is 0. The van der Waals surface area contributed by atoms with Gasteiger partial charge in [-0.1, -0.05) is 28.7 Å². The van der Waals surface area contributed by atoms with Crippen LogP contribution in [0.5, 0.6) is 0 Å². The second-order valence-corrected chi connectivity index (χ2v) is 4.94. The van der Waals surface area contributed by atoms with Crippen LogP contribution in [0, 0.1) is 6.92 Å². The van der Waals surface area contributed by atoms with E-state index in [4.69, 9.17) is 4.42 Å². The molecule has 1 atom stereocenters. The number of alkyl halides is 1. The highest BCUT2D eigenvalue weighted by Crippen LogP contribution is 2.26. The molecule has 3 heteroatoms. The second kappa shape index (κ2) is 3.29. The monoisotopic (exact) mass is 287 g/mol. The smallest absolute Gasteiger partial charge is 0.192 e. The van der Waals surface area contributed by atoms with Gasteiger partial charge in [-0.25, -0.2) is 4.98 Å². The molecule has 0 saturated carbocycles. The predicted molar refractivity (Wildman–Crippen MR) is 61.2 cm³/mol. The summed E-state index contributed by atoms with van der Waals surface area (Å²) in [7, 11) is 0. The molecule has 0 N–H and O–H groups in total. The average Bonchev–Trinajstić information content (AvgIpc) is 2.42. The van der Waals surface area contributed by atoms with Crippen molar-refractivity contribution in [1.82, 2.24) is 4.98 Å².